The lowest BCUT2D eigenvalue weighted by molar-refractivity contribution is 0.103. The molecular formula is C14H23NO2. The maximum atomic E-state index is 5.58. The second-order valence-corrected chi connectivity index (χ2v) is 4.29. The molecule has 3 heteroatoms. The summed E-state index contributed by atoms with van der Waals surface area (Å²) >= 11 is 0. The van der Waals surface area contributed by atoms with E-state index in [2.05, 4.69) is 31.3 Å². The molecule has 0 saturated carbocycles. The summed E-state index contributed by atoms with van der Waals surface area (Å²) in [4.78, 5) is 0. The maximum absolute atomic E-state index is 5.58. The molecule has 17 heavy (non-hydrogen) atoms. The number of benzene rings is 1. The quantitative estimate of drug-likeness (QED) is 0.704. The SMILES string of the molecule is CNCCOCCOc1ccc(C(C)C)cc1. The Hall–Kier alpha value is -1.06. The summed E-state index contributed by atoms with van der Waals surface area (Å²) in [5.74, 6) is 1.47. The van der Waals surface area contributed by atoms with E-state index < -0.39 is 0 Å². The van der Waals surface area contributed by atoms with Crippen molar-refractivity contribution in [3.8, 4) is 5.75 Å². The smallest absolute Gasteiger partial charge is 0.119 e. The third kappa shape index (κ3) is 5.71. The molecule has 1 aromatic carbocycles. The molecule has 0 atom stereocenters. The highest BCUT2D eigenvalue weighted by atomic mass is 16.5. The van der Waals surface area contributed by atoms with E-state index in [0.717, 1.165) is 18.9 Å². The van der Waals surface area contributed by atoms with E-state index in [4.69, 9.17) is 9.47 Å². The second-order valence-electron chi connectivity index (χ2n) is 4.29. The van der Waals surface area contributed by atoms with E-state index >= 15 is 0 Å². The number of likely N-dealkylation sites (N-methyl/N-ethyl adjacent to an activating group) is 1. The molecule has 0 unspecified atom stereocenters. The number of hydrogen-bond donors (Lipinski definition) is 1. The van der Waals surface area contributed by atoms with Crippen LogP contribution in [0.3, 0.4) is 0 Å². The summed E-state index contributed by atoms with van der Waals surface area (Å²) in [7, 11) is 1.91. The van der Waals surface area contributed by atoms with Crippen LogP contribution in [-0.2, 0) is 4.74 Å². The minimum absolute atomic E-state index is 0.564. The fourth-order valence-electron chi connectivity index (χ4n) is 1.44. The highest BCUT2D eigenvalue weighted by molar-refractivity contribution is 5.28. The lowest BCUT2D eigenvalue weighted by Crippen LogP contribution is -2.16. The van der Waals surface area contributed by atoms with Crippen LogP contribution in [0.15, 0.2) is 24.3 Å². The topological polar surface area (TPSA) is 30.5 Å². The second kappa shape index (κ2) is 8.09. The van der Waals surface area contributed by atoms with Gasteiger partial charge in [0.2, 0.25) is 0 Å². The predicted octanol–water partition coefficient (Wildman–Crippen LogP) is 2.42. The van der Waals surface area contributed by atoms with Gasteiger partial charge in [0.25, 0.3) is 0 Å². The van der Waals surface area contributed by atoms with E-state index in [1.807, 2.05) is 19.2 Å². The first-order chi connectivity index (χ1) is 8.24. The van der Waals surface area contributed by atoms with Crippen molar-refractivity contribution in [1.82, 2.24) is 5.32 Å². The first-order valence-electron chi connectivity index (χ1n) is 6.19. The van der Waals surface area contributed by atoms with Crippen LogP contribution >= 0.6 is 0 Å². The monoisotopic (exact) mass is 237 g/mol. The van der Waals surface area contributed by atoms with Gasteiger partial charge in [0, 0.05) is 6.54 Å². The molecule has 0 amide bonds. The molecular weight excluding hydrogens is 214 g/mol. The summed E-state index contributed by atoms with van der Waals surface area (Å²) in [6, 6.07) is 8.26. The van der Waals surface area contributed by atoms with Crippen molar-refractivity contribution in [3.63, 3.8) is 0 Å². The molecule has 0 heterocycles. The van der Waals surface area contributed by atoms with Gasteiger partial charge in [-0.1, -0.05) is 26.0 Å². The van der Waals surface area contributed by atoms with Crippen molar-refractivity contribution in [3.05, 3.63) is 29.8 Å². The Bertz CT molecular complexity index is 296. The van der Waals surface area contributed by atoms with Gasteiger partial charge in [-0.15, -0.1) is 0 Å². The van der Waals surface area contributed by atoms with Crippen molar-refractivity contribution >= 4 is 0 Å². The van der Waals surface area contributed by atoms with Gasteiger partial charge in [-0.25, -0.2) is 0 Å². The fourth-order valence-corrected chi connectivity index (χ4v) is 1.44. The summed E-state index contributed by atoms with van der Waals surface area (Å²) in [6.45, 7) is 7.21. The molecule has 0 fully saturated rings. The molecule has 0 bridgehead atoms. The Morgan fingerprint density at radius 3 is 2.35 bits per heavy atom. The summed E-state index contributed by atoms with van der Waals surface area (Å²) < 4.78 is 10.9. The van der Waals surface area contributed by atoms with E-state index in [9.17, 15) is 0 Å². The van der Waals surface area contributed by atoms with Crippen molar-refractivity contribution in [1.29, 1.82) is 0 Å². The molecule has 96 valence electrons. The number of hydrogen-bond acceptors (Lipinski definition) is 3. The van der Waals surface area contributed by atoms with E-state index in [0.29, 0.717) is 19.1 Å². The standard InChI is InChI=1S/C14H23NO2/c1-12(2)13-4-6-14(7-5-13)17-11-10-16-9-8-15-3/h4-7,12,15H,8-11H2,1-3H3. The third-order valence-electron chi connectivity index (χ3n) is 2.54. The third-order valence-corrected chi connectivity index (χ3v) is 2.54. The van der Waals surface area contributed by atoms with Gasteiger partial charge < -0.3 is 14.8 Å². The zero-order valence-corrected chi connectivity index (χ0v) is 11.0. The van der Waals surface area contributed by atoms with Crippen LogP contribution in [0.25, 0.3) is 0 Å². The van der Waals surface area contributed by atoms with Crippen LogP contribution in [0.2, 0.25) is 0 Å². The minimum Gasteiger partial charge on any atom is -0.491 e. The van der Waals surface area contributed by atoms with Crippen LogP contribution < -0.4 is 10.1 Å². The molecule has 0 aliphatic carbocycles. The molecule has 0 aromatic heterocycles. The van der Waals surface area contributed by atoms with Gasteiger partial charge in [-0.3, -0.25) is 0 Å². The highest BCUT2D eigenvalue weighted by Gasteiger charge is 1.99. The summed E-state index contributed by atoms with van der Waals surface area (Å²) in [5.41, 5.74) is 1.34. The molecule has 0 radical (unpaired) electrons. The van der Waals surface area contributed by atoms with E-state index in [1.165, 1.54) is 5.56 Å². The molecule has 1 aromatic rings. The summed E-state index contributed by atoms with van der Waals surface area (Å²) in [6.07, 6.45) is 0. The van der Waals surface area contributed by atoms with Crippen molar-refractivity contribution in [2.24, 2.45) is 0 Å². The van der Waals surface area contributed by atoms with Crippen LogP contribution in [0.4, 0.5) is 0 Å². The Morgan fingerprint density at radius 1 is 1.06 bits per heavy atom. The Balaban J connectivity index is 2.19. The van der Waals surface area contributed by atoms with Crippen LogP contribution in [0, 0.1) is 0 Å². The first-order valence-corrected chi connectivity index (χ1v) is 6.19. The molecule has 3 nitrogen and oxygen atoms in total. The highest BCUT2D eigenvalue weighted by Crippen LogP contribution is 2.18. The molecule has 0 aliphatic heterocycles. The van der Waals surface area contributed by atoms with Gasteiger partial charge in [0.05, 0.1) is 13.2 Å². The Kier molecular flexibility index (Phi) is 6.67. The molecule has 0 saturated heterocycles. The van der Waals surface area contributed by atoms with Crippen molar-refractivity contribution in [2.75, 3.05) is 33.4 Å². The number of rotatable bonds is 8. The van der Waals surface area contributed by atoms with Crippen molar-refractivity contribution in [2.45, 2.75) is 19.8 Å². The minimum atomic E-state index is 0.564. The van der Waals surface area contributed by atoms with Gasteiger partial charge in [0.1, 0.15) is 12.4 Å². The van der Waals surface area contributed by atoms with Gasteiger partial charge >= 0.3 is 0 Å². The van der Waals surface area contributed by atoms with Crippen LogP contribution in [-0.4, -0.2) is 33.4 Å². The fraction of sp³-hybridized carbons (Fsp3) is 0.571. The predicted molar refractivity (Wildman–Crippen MR) is 70.8 cm³/mol. The normalized spacial score (nSPS) is 10.8. The average Bonchev–Trinajstić information content (AvgIpc) is 2.34. The van der Waals surface area contributed by atoms with Crippen molar-refractivity contribution < 1.29 is 9.47 Å². The van der Waals surface area contributed by atoms with Gasteiger partial charge in [-0.05, 0) is 30.7 Å². The van der Waals surface area contributed by atoms with E-state index in [1.54, 1.807) is 0 Å². The average molecular weight is 237 g/mol. The largest absolute Gasteiger partial charge is 0.491 e. The molecule has 1 N–H and O–H groups in total. The first kappa shape index (κ1) is 14.0. The van der Waals surface area contributed by atoms with Crippen LogP contribution in [0.5, 0.6) is 5.75 Å². The number of nitrogens with one attached hydrogen (secondary N) is 1. The Labute approximate surface area is 104 Å². The molecule has 0 aliphatic rings. The Morgan fingerprint density at radius 2 is 1.76 bits per heavy atom. The van der Waals surface area contributed by atoms with E-state index in [-0.39, 0.29) is 0 Å². The molecule has 0 spiro atoms. The zero-order valence-electron chi connectivity index (χ0n) is 11.0. The lowest BCUT2D eigenvalue weighted by atomic mass is 10.0. The summed E-state index contributed by atoms with van der Waals surface area (Å²) in [5, 5.41) is 3.03. The lowest BCUT2D eigenvalue weighted by Gasteiger charge is -2.09. The van der Waals surface area contributed by atoms with Crippen LogP contribution in [0.1, 0.15) is 25.3 Å². The maximum Gasteiger partial charge on any atom is 0.119 e. The molecule has 1 rings (SSSR count). The van der Waals surface area contributed by atoms with Gasteiger partial charge in [0.15, 0.2) is 0 Å². The number of ether oxygens (including phenoxy) is 2. The van der Waals surface area contributed by atoms with Gasteiger partial charge in [-0.2, -0.15) is 0 Å². The zero-order chi connectivity index (χ0) is 12.5.